The largest absolute Gasteiger partial charge is 0.497 e. The highest BCUT2D eigenvalue weighted by Gasteiger charge is 2.22. The molecule has 9 heteroatoms. The Balaban J connectivity index is 1.40. The fourth-order valence-electron chi connectivity index (χ4n) is 3.62. The molecule has 0 saturated carbocycles. The van der Waals surface area contributed by atoms with Crippen LogP contribution in [0.25, 0.3) is 11.5 Å². The molecule has 4 rings (SSSR count). The number of ether oxygens (including phenoxy) is 1. The highest BCUT2D eigenvalue weighted by molar-refractivity contribution is 5.76. The number of carbonyl (C=O) groups is 1. The lowest BCUT2D eigenvalue weighted by atomic mass is 10.2. The summed E-state index contributed by atoms with van der Waals surface area (Å²) in [5, 5.41) is 8.08. The molecule has 3 heterocycles. The van der Waals surface area contributed by atoms with E-state index in [9.17, 15) is 9.59 Å². The van der Waals surface area contributed by atoms with Crippen molar-refractivity contribution in [3.05, 3.63) is 58.8 Å². The molecule has 1 aliphatic rings. The number of benzene rings is 1. The van der Waals surface area contributed by atoms with Crippen molar-refractivity contribution in [3.63, 3.8) is 0 Å². The third-order valence-electron chi connectivity index (χ3n) is 5.54. The lowest BCUT2D eigenvalue weighted by Crippen LogP contribution is -2.50. The average molecular weight is 438 g/mol. The van der Waals surface area contributed by atoms with E-state index in [1.165, 1.54) is 10.6 Å². The van der Waals surface area contributed by atoms with Crippen LogP contribution >= 0.6 is 0 Å². The van der Waals surface area contributed by atoms with Gasteiger partial charge in [-0.25, -0.2) is 0 Å². The first-order valence-electron chi connectivity index (χ1n) is 10.7. The van der Waals surface area contributed by atoms with E-state index in [0.29, 0.717) is 30.4 Å². The first-order chi connectivity index (χ1) is 15.4. The zero-order valence-corrected chi connectivity index (χ0v) is 18.5. The molecule has 2 aromatic heterocycles. The molecular formula is C23H27N5O4. The first-order valence-corrected chi connectivity index (χ1v) is 10.7. The Morgan fingerprint density at radius 2 is 1.78 bits per heavy atom. The number of rotatable bonds is 6. The van der Waals surface area contributed by atoms with E-state index < -0.39 is 0 Å². The minimum absolute atomic E-state index is 0.0274. The Labute approximate surface area is 186 Å². The fourth-order valence-corrected chi connectivity index (χ4v) is 3.62. The van der Waals surface area contributed by atoms with Crippen LogP contribution in [0.1, 0.15) is 25.7 Å². The van der Waals surface area contributed by atoms with Crippen LogP contribution in [-0.2, 0) is 11.3 Å². The molecule has 3 aromatic rings. The van der Waals surface area contributed by atoms with Gasteiger partial charge in [0.25, 0.3) is 5.56 Å². The zero-order chi connectivity index (χ0) is 22.7. The van der Waals surface area contributed by atoms with Gasteiger partial charge in [-0.3, -0.25) is 9.59 Å². The molecule has 0 bridgehead atoms. The Morgan fingerprint density at radius 1 is 1.06 bits per heavy atom. The summed E-state index contributed by atoms with van der Waals surface area (Å²) in [6, 6.07) is 10.9. The summed E-state index contributed by atoms with van der Waals surface area (Å²) in [4.78, 5) is 29.2. The summed E-state index contributed by atoms with van der Waals surface area (Å²) in [5.74, 6) is 1.70. The number of carbonyl (C=O) groups excluding carboxylic acids is 1. The lowest BCUT2D eigenvalue weighted by molar-refractivity contribution is -0.132. The number of nitrogens with zero attached hydrogens (tertiary/aromatic N) is 5. The van der Waals surface area contributed by atoms with E-state index in [-0.39, 0.29) is 23.9 Å². The average Bonchev–Trinajstić information content (AvgIpc) is 3.31. The van der Waals surface area contributed by atoms with Crippen molar-refractivity contribution in [2.75, 3.05) is 38.2 Å². The van der Waals surface area contributed by atoms with Gasteiger partial charge in [-0.1, -0.05) is 13.8 Å². The summed E-state index contributed by atoms with van der Waals surface area (Å²) in [7, 11) is 1.64. The van der Waals surface area contributed by atoms with Crippen LogP contribution in [0, 0.1) is 0 Å². The second kappa shape index (κ2) is 9.25. The van der Waals surface area contributed by atoms with Gasteiger partial charge in [0.15, 0.2) is 0 Å². The molecule has 9 nitrogen and oxygen atoms in total. The van der Waals surface area contributed by atoms with Crippen molar-refractivity contribution in [1.29, 1.82) is 0 Å². The molecule has 1 saturated heterocycles. The molecule has 0 atom stereocenters. The zero-order valence-electron chi connectivity index (χ0n) is 18.5. The number of anilines is 1. The van der Waals surface area contributed by atoms with Gasteiger partial charge in [0.2, 0.25) is 17.7 Å². The predicted octanol–water partition coefficient (Wildman–Crippen LogP) is 2.38. The summed E-state index contributed by atoms with van der Waals surface area (Å²) < 4.78 is 12.3. The van der Waals surface area contributed by atoms with E-state index >= 15 is 0 Å². The Bertz CT molecular complexity index is 1130. The molecule has 0 unspecified atom stereocenters. The third-order valence-corrected chi connectivity index (χ3v) is 5.54. The molecule has 168 valence electrons. The van der Waals surface area contributed by atoms with Gasteiger partial charge in [-0.15, -0.1) is 10.2 Å². The van der Waals surface area contributed by atoms with E-state index in [2.05, 4.69) is 15.1 Å². The van der Waals surface area contributed by atoms with Gasteiger partial charge in [0.1, 0.15) is 12.3 Å². The van der Waals surface area contributed by atoms with Crippen LogP contribution in [0.5, 0.6) is 5.75 Å². The molecule has 0 radical (unpaired) electrons. The lowest BCUT2D eigenvalue weighted by Gasteiger charge is -2.36. The Morgan fingerprint density at radius 3 is 2.41 bits per heavy atom. The smallest absolute Gasteiger partial charge is 0.251 e. The van der Waals surface area contributed by atoms with Gasteiger partial charge in [0.05, 0.1) is 12.7 Å². The van der Waals surface area contributed by atoms with Crippen LogP contribution < -0.4 is 15.2 Å². The molecule has 1 fully saturated rings. The number of hydrogen-bond acceptors (Lipinski definition) is 7. The number of pyridine rings is 1. The van der Waals surface area contributed by atoms with Crippen LogP contribution in [0.3, 0.4) is 0 Å². The molecule has 32 heavy (non-hydrogen) atoms. The maximum atomic E-state index is 12.9. The van der Waals surface area contributed by atoms with Crippen molar-refractivity contribution in [1.82, 2.24) is 19.7 Å². The number of aromatic nitrogens is 3. The van der Waals surface area contributed by atoms with E-state index in [1.54, 1.807) is 24.3 Å². The van der Waals surface area contributed by atoms with Crippen LogP contribution in [0.4, 0.5) is 5.69 Å². The SMILES string of the molecule is COc1ccc(N2CCN(C(=O)Cn3cc(-c4nnc(C(C)C)o4)ccc3=O)CC2)cc1. The van der Waals surface area contributed by atoms with Crippen LogP contribution in [-0.4, -0.2) is 58.9 Å². The molecule has 0 aliphatic carbocycles. The normalized spacial score (nSPS) is 14.1. The summed E-state index contributed by atoms with van der Waals surface area (Å²) >= 11 is 0. The molecule has 1 amide bonds. The van der Waals surface area contributed by atoms with Gasteiger partial charge in [0, 0.05) is 50.0 Å². The van der Waals surface area contributed by atoms with Crippen LogP contribution in [0.2, 0.25) is 0 Å². The van der Waals surface area contributed by atoms with E-state index in [0.717, 1.165) is 24.5 Å². The summed E-state index contributed by atoms with van der Waals surface area (Å²) in [6.45, 7) is 6.55. The predicted molar refractivity (Wildman–Crippen MR) is 120 cm³/mol. The van der Waals surface area contributed by atoms with E-state index in [4.69, 9.17) is 9.15 Å². The van der Waals surface area contributed by atoms with Crippen molar-refractivity contribution < 1.29 is 13.9 Å². The molecular weight excluding hydrogens is 410 g/mol. The quantitative estimate of drug-likeness (QED) is 0.584. The minimum atomic E-state index is -0.248. The monoisotopic (exact) mass is 437 g/mol. The minimum Gasteiger partial charge on any atom is -0.497 e. The van der Waals surface area contributed by atoms with Gasteiger partial charge >= 0.3 is 0 Å². The number of piperazine rings is 1. The topological polar surface area (TPSA) is 93.7 Å². The third kappa shape index (κ3) is 4.66. The van der Waals surface area contributed by atoms with Crippen molar-refractivity contribution >= 4 is 11.6 Å². The Kier molecular flexibility index (Phi) is 6.25. The number of amides is 1. The van der Waals surface area contributed by atoms with Crippen molar-refractivity contribution in [2.45, 2.75) is 26.3 Å². The second-order valence-corrected chi connectivity index (χ2v) is 8.05. The highest BCUT2D eigenvalue weighted by Crippen LogP contribution is 2.22. The Hall–Kier alpha value is -3.62. The van der Waals surface area contributed by atoms with Crippen molar-refractivity contribution in [2.24, 2.45) is 0 Å². The molecule has 0 spiro atoms. The maximum Gasteiger partial charge on any atom is 0.251 e. The highest BCUT2D eigenvalue weighted by atomic mass is 16.5. The maximum absolute atomic E-state index is 12.9. The summed E-state index contributed by atoms with van der Waals surface area (Å²) in [5.41, 5.74) is 1.46. The standard InChI is InChI=1S/C23H27N5O4/c1-16(2)22-24-25-23(32-22)17-4-9-20(29)28(14-17)15-21(30)27-12-10-26(11-13-27)18-5-7-19(31-3)8-6-18/h4-9,14,16H,10-13,15H2,1-3H3. The van der Waals surface area contributed by atoms with Crippen molar-refractivity contribution in [3.8, 4) is 17.2 Å². The first kappa shape index (κ1) is 21.6. The number of hydrogen-bond donors (Lipinski definition) is 0. The number of methoxy groups -OCH3 is 1. The summed E-state index contributed by atoms with van der Waals surface area (Å²) in [6.07, 6.45) is 1.60. The van der Waals surface area contributed by atoms with E-state index in [1.807, 2.05) is 38.1 Å². The van der Waals surface area contributed by atoms with Gasteiger partial charge < -0.3 is 23.5 Å². The molecule has 1 aliphatic heterocycles. The molecule has 0 N–H and O–H groups in total. The van der Waals surface area contributed by atoms with Gasteiger partial charge in [-0.2, -0.15) is 0 Å². The molecule has 1 aromatic carbocycles. The second-order valence-electron chi connectivity index (χ2n) is 8.05. The van der Waals surface area contributed by atoms with Crippen LogP contribution in [0.15, 0.2) is 51.8 Å². The fraction of sp³-hybridized carbons (Fsp3) is 0.391. The van der Waals surface area contributed by atoms with Gasteiger partial charge in [-0.05, 0) is 30.3 Å².